The second-order valence-electron chi connectivity index (χ2n) is 5.70. The number of rotatable bonds is 15. The van der Waals surface area contributed by atoms with Crippen LogP contribution >= 0.6 is 0 Å². The van der Waals surface area contributed by atoms with E-state index in [2.05, 4.69) is 6.92 Å². The molecule has 109 valence electrons. The Morgan fingerprint density at radius 2 is 0.722 bits per heavy atom. The van der Waals surface area contributed by atoms with Gasteiger partial charge in [-0.1, -0.05) is 96.8 Å². The highest BCUT2D eigenvalue weighted by Gasteiger charge is 1.93. The minimum atomic E-state index is 0.623. The molecule has 0 saturated carbocycles. The summed E-state index contributed by atoms with van der Waals surface area (Å²) in [7, 11) is 0. The van der Waals surface area contributed by atoms with E-state index in [9.17, 15) is 0 Å². The summed E-state index contributed by atoms with van der Waals surface area (Å²) in [5, 5.41) is 0. The Kier molecular flexibility index (Phi) is 16.9. The SMILES string of the molecule is CCCCCCCCCCCCCCCCC[NH]. The van der Waals surface area contributed by atoms with Crippen LogP contribution in [0.1, 0.15) is 103 Å². The number of nitrogens with one attached hydrogen (secondary N) is 1. The molecular formula is C17H36N. The van der Waals surface area contributed by atoms with Crippen LogP contribution < -0.4 is 5.73 Å². The van der Waals surface area contributed by atoms with Gasteiger partial charge in [0.1, 0.15) is 0 Å². The normalized spacial score (nSPS) is 11.0. The quantitative estimate of drug-likeness (QED) is 0.313. The standard InChI is InChI=1S/C17H36N/c1-2-3-4-5-6-7-8-9-10-11-12-13-14-15-16-17-18/h18H,2-17H2,1H3. The predicted molar refractivity (Wildman–Crippen MR) is 82.9 cm³/mol. The van der Waals surface area contributed by atoms with Gasteiger partial charge in [0, 0.05) is 6.54 Å². The first-order valence-electron chi connectivity index (χ1n) is 8.56. The minimum absolute atomic E-state index is 0.623. The van der Waals surface area contributed by atoms with E-state index in [1.54, 1.807) is 0 Å². The largest absolute Gasteiger partial charge is 0.258 e. The number of hydrogen-bond acceptors (Lipinski definition) is 0. The second-order valence-corrected chi connectivity index (χ2v) is 5.70. The van der Waals surface area contributed by atoms with Crippen LogP contribution in [-0.4, -0.2) is 6.54 Å². The third kappa shape index (κ3) is 16.0. The lowest BCUT2D eigenvalue weighted by Crippen LogP contribution is -1.86. The van der Waals surface area contributed by atoms with E-state index >= 15 is 0 Å². The first kappa shape index (κ1) is 18.0. The monoisotopic (exact) mass is 254 g/mol. The first-order valence-corrected chi connectivity index (χ1v) is 8.56. The van der Waals surface area contributed by atoms with Crippen molar-refractivity contribution >= 4 is 0 Å². The van der Waals surface area contributed by atoms with E-state index in [1.807, 2.05) is 0 Å². The van der Waals surface area contributed by atoms with Gasteiger partial charge in [-0.2, -0.15) is 0 Å². The van der Waals surface area contributed by atoms with E-state index in [1.165, 1.54) is 89.9 Å². The molecule has 0 rings (SSSR count). The Morgan fingerprint density at radius 1 is 0.444 bits per heavy atom. The van der Waals surface area contributed by atoms with E-state index in [0.717, 1.165) is 6.42 Å². The van der Waals surface area contributed by atoms with Gasteiger partial charge in [-0.05, 0) is 6.42 Å². The Hall–Kier alpha value is -0.0400. The minimum Gasteiger partial charge on any atom is -0.258 e. The molecule has 1 heteroatoms. The fourth-order valence-corrected chi connectivity index (χ4v) is 2.50. The Morgan fingerprint density at radius 3 is 1.00 bits per heavy atom. The highest BCUT2D eigenvalue weighted by atomic mass is 14.5. The molecule has 0 aliphatic rings. The first-order chi connectivity index (χ1) is 8.91. The van der Waals surface area contributed by atoms with Gasteiger partial charge in [0.05, 0.1) is 0 Å². The van der Waals surface area contributed by atoms with Crippen molar-refractivity contribution in [3.63, 3.8) is 0 Å². The van der Waals surface area contributed by atoms with E-state index in [-0.39, 0.29) is 0 Å². The Bertz CT molecular complexity index is 118. The van der Waals surface area contributed by atoms with Crippen molar-refractivity contribution in [2.75, 3.05) is 6.54 Å². The fraction of sp³-hybridized carbons (Fsp3) is 1.00. The maximum atomic E-state index is 7.07. The summed E-state index contributed by atoms with van der Waals surface area (Å²) in [5.74, 6) is 0. The van der Waals surface area contributed by atoms with Gasteiger partial charge in [0.2, 0.25) is 0 Å². The van der Waals surface area contributed by atoms with Gasteiger partial charge < -0.3 is 0 Å². The van der Waals surface area contributed by atoms with Crippen LogP contribution in [0.25, 0.3) is 0 Å². The molecule has 18 heavy (non-hydrogen) atoms. The smallest absolute Gasteiger partial charge is 0.00997 e. The topological polar surface area (TPSA) is 23.8 Å². The maximum Gasteiger partial charge on any atom is 0.00997 e. The zero-order valence-corrected chi connectivity index (χ0v) is 12.8. The molecule has 0 aromatic heterocycles. The molecule has 0 aliphatic heterocycles. The van der Waals surface area contributed by atoms with Crippen LogP contribution in [0.3, 0.4) is 0 Å². The number of unbranched alkanes of at least 4 members (excludes halogenated alkanes) is 14. The van der Waals surface area contributed by atoms with Crippen LogP contribution in [0.5, 0.6) is 0 Å². The molecule has 0 aliphatic carbocycles. The molecule has 0 saturated heterocycles. The summed E-state index contributed by atoms with van der Waals surface area (Å²) < 4.78 is 0. The van der Waals surface area contributed by atoms with Crippen LogP contribution in [0.4, 0.5) is 0 Å². The van der Waals surface area contributed by atoms with E-state index < -0.39 is 0 Å². The predicted octanol–water partition coefficient (Wildman–Crippen LogP) is 6.14. The molecule has 0 fully saturated rings. The lowest BCUT2D eigenvalue weighted by molar-refractivity contribution is 0.532. The average Bonchev–Trinajstić information content (AvgIpc) is 2.39. The summed E-state index contributed by atoms with van der Waals surface area (Å²) in [4.78, 5) is 0. The zero-order chi connectivity index (χ0) is 13.3. The molecule has 0 heterocycles. The van der Waals surface area contributed by atoms with E-state index in [4.69, 9.17) is 5.73 Å². The zero-order valence-electron chi connectivity index (χ0n) is 12.8. The summed E-state index contributed by atoms with van der Waals surface area (Å²) in [6.07, 6.45) is 21.0. The van der Waals surface area contributed by atoms with Crippen molar-refractivity contribution in [3.8, 4) is 0 Å². The fourth-order valence-electron chi connectivity index (χ4n) is 2.50. The molecule has 0 amide bonds. The third-order valence-corrected chi connectivity index (χ3v) is 3.78. The van der Waals surface area contributed by atoms with Gasteiger partial charge in [-0.3, -0.25) is 5.73 Å². The molecule has 0 bridgehead atoms. The summed E-state index contributed by atoms with van der Waals surface area (Å²) in [6, 6.07) is 0. The summed E-state index contributed by atoms with van der Waals surface area (Å²) in [5.41, 5.74) is 7.07. The van der Waals surface area contributed by atoms with Crippen LogP contribution in [-0.2, 0) is 0 Å². The van der Waals surface area contributed by atoms with Gasteiger partial charge in [-0.15, -0.1) is 0 Å². The Labute approximate surface area is 116 Å². The van der Waals surface area contributed by atoms with Gasteiger partial charge in [-0.25, -0.2) is 0 Å². The molecule has 1 nitrogen and oxygen atoms in total. The van der Waals surface area contributed by atoms with Crippen molar-refractivity contribution < 1.29 is 0 Å². The van der Waals surface area contributed by atoms with Crippen molar-refractivity contribution in [1.29, 1.82) is 0 Å². The lowest BCUT2D eigenvalue weighted by atomic mass is 10.0. The molecule has 0 spiro atoms. The van der Waals surface area contributed by atoms with Gasteiger partial charge in [0.25, 0.3) is 0 Å². The summed E-state index contributed by atoms with van der Waals surface area (Å²) in [6.45, 7) is 2.91. The van der Waals surface area contributed by atoms with Crippen molar-refractivity contribution in [3.05, 3.63) is 0 Å². The van der Waals surface area contributed by atoms with Crippen LogP contribution in [0.15, 0.2) is 0 Å². The van der Waals surface area contributed by atoms with E-state index in [0.29, 0.717) is 6.54 Å². The molecule has 0 unspecified atom stereocenters. The van der Waals surface area contributed by atoms with Crippen molar-refractivity contribution in [2.24, 2.45) is 0 Å². The highest BCUT2D eigenvalue weighted by molar-refractivity contribution is 4.49. The van der Waals surface area contributed by atoms with Gasteiger partial charge in [0.15, 0.2) is 0 Å². The molecule has 1 N–H and O–H groups in total. The average molecular weight is 254 g/mol. The molecule has 0 aromatic carbocycles. The lowest BCUT2D eigenvalue weighted by Gasteiger charge is -2.02. The molecular weight excluding hydrogens is 218 g/mol. The molecule has 0 aromatic rings. The summed E-state index contributed by atoms with van der Waals surface area (Å²) >= 11 is 0. The van der Waals surface area contributed by atoms with Crippen LogP contribution in [0.2, 0.25) is 0 Å². The van der Waals surface area contributed by atoms with Crippen LogP contribution in [0, 0.1) is 0 Å². The van der Waals surface area contributed by atoms with Gasteiger partial charge >= 0.3 is 0 Å². The maximum absolute atomic E-state index is 7.07. The third-order valence-electron chi connectivity index (χ3n) is 3.78. The Balaban J connectivity index is 2.86. The van der Waals surface area contributed by atoms with Crippen molar-refractivity contribution in [1.82, 2.24) is 5.73 Å². The second kappa shape index (κ2) is 17.0. The number of hydrogen-bond donors (Lipinski definition) is 0. The van der Waals surface area contributed by atoms with Crippen molar-refractivity contribution in [2.45, 2.75) is 103 Å². The molecule has 1 radical (unpaired) electrons. The highest BCUT2D eigenvalue weighted by Crippen LogP contribution is 2.13. The molecule has 0 atom stereocenters.